The predicted molar refractivity (Wildman–Crippen MR) is 131 cm³/mol. The topological polar surface area (TPSA) is 94.0 Å². The molecule has 0 spiro atoms. The van der Waals surface area contributed by atoms with Crippen molar-refractivity contribution in [2.75, 3.05) is 32.2 Å². The van der Waals surface area contributed by atoms with E-state index in [1.165, 1.54) is 22.3 Å². The molecule has 32 heavy (non-hydrogen) atoms. The minimum atomic E-state index is -0.186. The van der Waals surface area contributed by atoms with E-state index in [2.05, 4.69) is 45.0 Å². The summed E-state index contributed by atoms with van der Waals surface area (Å²) in [6.45, 7) is 8.00. The molecule has 0 aliphatic carbocycles. The summed E-state index contributed by atoms with van der Waals surface area (Å²) in [6.07, 6.45) is 2.85. The average Bonchev–Trinajstić information content (AvgIpc) is 2.79. The number of aliphatic hydroxyl groups is 1. The van der Waals surface area contributed by atoms with Crippen LogP contribution in [-0.2, 0) is 5.41 Å². The number of rotatable bonds is 13. The molecule has 2 aromatic rings. The van der Waals surface area contributed by atoms with Gasteiger partial charge in [0.1, 0.15) is 11.5 Å². The summed E-state index contributed by atoms with van der Waals surface area (Å²) in [6, 6.07) is 14.6. The third kappa shape index (κ3) is 7.05. The molecule has 0 aliphatic heterocycles. The molecule has 0 bridgehead atoms. The van der Waals surface area contributed by atoms with Crippen LogP contribution in [0.4, 0.5) is 0 Å². The van der Waals surface area contributed by atoms with Crippen LogP contribution < -0.4 is 21.1 Å². The maximum Gasteiger partial charge on any atom is 0.122 e. The Morgan fingerprint density at radius 1 is 1.06 bits per heavy atom. The van der Waals surface area contributed by atoms with Crippen LogP contribution >= 0.6 is 11.6 Å². The van der Waals surface area contributed by atoms with Gasteiger partial charge in [-0.05, 0) is 48.2 Å². The Labute approximate surface area is 196 Å². The Morgan fingerprint density at radius 3 is 2.31 bits per heavy atom. The summed E-state index contributed by atoms with van der Waals surface area (Å²) in [5, 5.41) is 10.6. The van der Waals surface area contributed by atoms with Crippen molar-refractivity contribution in [2.45, 2.75) is 39.0 Å². The first-order valence-electron chi connectivity index (χ1n) is 10.9. The second-order valence-electron chi connectivity index (χ2n) is 8.23. The Kier molecular flexibility index (Phi) is 10.2. The van der Waals surface area contributed by atoms with Crippen molar-refractivity contribution in [2.24, 2.45) is 11.6 Å². The molecule has 0 aromatic heterocycles. The van der Waals surface area contributed by atoms with Crippen LogP contribution in [0.25, 0.3) is 0 Å². The van der Waals surface area contributed by atoms with Crippen molar-refractivity contribution in [3.8, 4) is 11.5 Å². The number of halogens is 1. The minimum absolute atomic E-state index is 0.159. The van der Waals surface area contributed by atoms with Crippen molar-refractivity contribution in [3.05, 3.63) is 71.1 Å². The van der Waals surface area contributed by atoms with Crippen molar-refractivity contribution in [3.63, 3.8) is 0 Å². The number of benzene rings is 2. The molecular weight excluding hydrogens is 426 g/mol. The molecule has 0 radical (unpaired) electrons. The fourth-order valence-corrected chi connectivity index (χ4v) is 3.49. The zero-order valence-corrected chi connectivity index (χ0v) is 20.1. The second-order valence-corrected chi connectivity index (χ2v) is 8.61. The van der Waals surface area contributed by atoms with Gasteiger partial charge in [-0.15, -0.1) is 11.6 Å². The molecule has 0 fully saturated rings. The molecule has 0 unspecified atom stereocenters. The molecular formula is C25H36ClN3O3. The van der Waals surface area contributed by atoms with Gasteiger partial charge in [0.05, 0.1) is 25.5 Å². The second kappa shape index (κ2) is 12.6. The third-order valence-corrected chi connectivity index (χ3v) is 5.81. The summed E-state index contributed by atoms with van der Waals surface area (Å²) in [5.74, 6) is 8.17. The van der Waals surface area contributed by atoms with Gasteiger partial charge in [-0.2, -0.15) is 0 Å². The van der Waals surface area contributed by atoms with Gasteiger partial charge in [0.25, 0.3) is 0 Å². The van der Waals surface area contributed by atoms with E-state index in [1.54, 1.807) is 0 Å². The van der Waals surface area contributed by atoms with E-state index >= 15 is 0 Å². The summed E-state index contributed by atoms with van der Waals surface area (Å²) in [4.78, 5) is 0. The van der Waals surface area contributed by atoms with E-state index in [9.17, 15) is 0 Å². The van der Waals surface area contributed by atoms with Gasteiger partial charge in [-0.25, -0.2) is 5.84 Å². The number of nitrogens with two attached hydrogens (primary N) is 2. The van der Waals surface area contributed by atoms with E-state index in [-0.39, 0.29) is 12.0 Å². The molecule has 0 saturated carbocycles. The molecule has 7 heteroatoms. The molecule has 0 atom stereocenters. The first kappa shape index (κ1) is 25.8. The van der Waals surface area contributed by atoms with Gasteiger partial charge in [0.15, 0.2) is 0 Å². The van der Waals surface area contributed by atoms with Crippen LogP contribution in [0.2, 0.25) is 0 Å². The fraction of sp³-hybridized carbons (Fsp3) is 0.440. The van der Waals surface area contributed by atoms with Crippen molar-refractivity contribution in [1.82, 2.24) is 5.01 Å². The number of hydrazine groups is 1. The number of hydrogen-bond acceptors (Lipinski definition) is 6. The largest absolute Gasteiger partial charge is 0.494 e. The summed E-state index contributed by atoms with van der Waals surface area (Å²) in [7, 11) is 0. The lowest BCUT2D eigenvalue weighted by molar-refractivity contribution is 0.232. The van der Waals surface area contributed by atoms with E-state index in [0.717, 1.165) is 23.5 Å². The van der Waals surface area contributed by atoms with E-state index in [0.29, 0.717) is 37.8 Å². The zero-order chi connectivity index (χ0) is 23.6. The molecule has 0 saturated heterocycles. The van der Waals surface area contributed by atoms with Gasteiger partial charge >= 0.3 is 0 Å². The van der Waals surface area contributed by atoms with Crippen LogP contribution in [0, 0.1) is 6.92 Å². The minimum Gasteiger partial charge on any atom is -0.494 e. The Morgan fingerprint density at radius 2 is 1.72 bits per heavy atom. The average molecular weight is 462 g/mol. The molecule has 0 heterocycles. The van der Waals surface area contributed by atoms with Gasteiger partial charge < -0.3 is 25.3 Å². The monoisotopic (exact) mass is 461 g/mol. The standard InChI is InChI=1S/C25H36ClN3O3/c1-19-16-21(8-11-24(19)32-14-4-12-26)25(2,3)20-6-9-23(10-7-20)31-15-5-13-29(28)22(17-27)18-30/h6-11,16-17,30H,4-5,12-15,18,27-28H2,1-3H3/b22-17-. The number of ether oxygens (including phenoxy) is 2. The lowest BCUT2D eigenvalue weighted by Crippen LogP contribution is -2.34. The number of hydrogen-bond donors (Lipinski definition) is 3. The van der Waals surface area contributed by atoms with Gasteiger partial charge in [0.2, 0.25) is 0 Å². The first-order valence-corrected chi connectivity index (χ1v) is 11.4. The Hall–Kier alpha value is -2.41. The summed E-state index contributed by atoms with van der Waals surface area (Å²) >= 11 is 5.73. The van der Waals surface area contributed by atoms with E-state index in [1.807, 2.05) is 18.2 Å². The summed E-state index contributed by atoms with van der Waals surface area (Å²) in [5.41, 5.74) is 9.30. The Balaban J connectivity index is 1.95. The van der Waals surface area contributed by atoms with Crippen molar-refractivity contribution in [1.29, 1.82) is 0 Å². The van der Waals surface area contributed by atoms with Gasteiger partial charge in [0, 0.05) is 30.5 Å². The fourth-order valence-electron chi connectivity index (χ4n) is 3.38. The number of aliphatic hydroxyl groups excluding tert-OH is 1. The van der Waals surface area contributed by atoms with Crippen LogP contribution in [-0.4, -0.2) is 42.4 Å². The molecule has 0 amide bonds. The normalized spacial score (nSPS) is 12.0. The number of aryl methyl sites for hydroxylation is 1. The summed E-state index contributed by atoms with van der Waals surface area (Å²) < 4.78 is 11.7. The van der Waals surface area contributed by atoms with Gasteiger partial charge in [-0.1, -0.05) is 38.1 Å². The highest BCUT2D eigenvalue weighted by atomic mass is 35.5. The van der Waals surface area contributed by atoms with E-state index < -0.39 is 0 Å². The number of nitrogens with zero attached hydrogens (tertiary/aromatic N) is 1. The zero-order valence-electron chi connectivity index (χ0n) is 19.3. The molecule has 2 aromatic carbocycles. The maximum atomic E-state index is 9.17. The highest BCUT2D eigenvalue weighted by molar-refractivity contribution is 6.17. The predicted octanol–water partition coefficient (Wildman–Crippen LogP) is 4.07. The highest BCUT2D eigenvalue weighted by Gasteiger charge is 2.24. The number of alkyl halides is 1. The van der Waals surface area contributed by atoms with Crippen molar-refractivity contribution < 1.29 is 14.6 Å². The van der Waals surface area contributed by atoms with Crippen LogP contribution in [0.3, 0.4) is 0 Å². The van der Waals surface area contributed by atoms with Crippen LogP contribution in [0.15, 0.2) is 54.4 Å². The third-order valence-electron chi connectivity index (χ3n) is 5.54. The lowest BCUT2D eigenvalue weighted by atomic mass is 9.77. The molecule has 5 N–H and O–H groups in total. The Bertz CT molecular complexity index is 869. The molecule has 6 nitrogen and oxygen atoms in total. The molecule has 2 rings (SSSR count). The van der Waals surface area contributed by atoms with Crippen molar-refractivity contribution >= 4 is 11.6 Å². The highest BCUT2D eigenvalue weighted by Crippen LogP contribution is 2.34. The molecule has 176 valence electrons. The first-order chi connectivity index (χ1) is 15.3. The maximum absolute atomic E-state index is 9.17. The lowest BCUT2D eigenvalue weighted by Gasteiger charge is -2.27. The van der Waals surface area contributed by atoms with Crippen LogP contribution in [0.1, 0.15) is 43.4 Å². The quantitative estimate of drug-likeness (QED) is 0.180. The smallest absolute Gasteiger partial charge is 0.122 e. The van der Waals surface area contributed by atoms with Crippen LogP contribution in [0.5, 0.6) is 11.5 Å². The molecule has 0 aliphatic rings. The van der Waals surface area contributed by atoms with Gasteiger partial charge in [-0.3, -0.25) is 0 Å². The van der Waals surface area contributed by atoms with E-state index in [4.69, 9.17) is 37.8 Å². The SMILES string of the molecule is Cc1cc(C(C)(C)c2ccc(OCCCN(N)/C(=C\N)CO)cc2)ccc1OCCCCl.